The van der Waals surface area contributed by atoms with Crippen molar-refractivity contribution in [1.82, 2.24) is 9.62 Å². The number of carbonyl (C=O) groups excluding carboxylic acids is 1. The average molecular weight is 443 g/mol. The summed E-state index contributed by atoms with van der Waals surface area (Å²) >= 11 is 1.46. The molecule has 0 unspecified atom stereocenters. The van der Waals surface area contributed by atoms with Gasteiger partial charge in [-0.1, -0.05) is 32.0 Å². The van der Waals surface area contributed by atoms with Gasteiger partial charge in [0.25, 0.3) is 5.91 Å². The maximum Gasteiger partial charge on any atom is 0.251 e. The van der Waals surface area contributed by atoms with Gasteiger partial charge in [0, 0.05) is 36.7 Å². The van der Waals surface area contributed by atoms with Gasteiger partial charge in [0.05, 0.1) is 0 Å². The van der Waals surface area contributed by atoms with Gasteiger partial charge in [-0.05, 0) is 29.8 Å². The van der Waals surface area contributed by atoms with Gasteiger partial charge >= 0.3 is 0 Å². The first-order chi connectivity index (χ1) is 13.8. The summed E-state index contributed by atoms with van der Waals surface area (Å²) in [5, 5.41) is 2.67. The summed E-state index contributed by atoms with van der Waals surface area (Å²) < 4.78 is 54.0. The molecule has 0 aliphatic rings. The number of nitrogens with zero attached hydrogens (tertiary/aromatic N) is 1. The van der Waals surface area contributed by atoms with Crippen molar-refractivity contribution in [2.45, 2.75) is 24.5 Å². The maximum atomic E-state index is 14.1. The molecule has 158 valence electrons. The Bertz CT molecular complexity index is 948. The lowest BCUT2D eigenvalue weighted by Crippen LogP contribution is -2.32. The second-order valence-corrected chi connectivity index (χ2v) is 9.15. The van der Waals surface area contributed by atoms with Crippen LogP contribution in [-0.2, 0) is 15.8 Å². The molecule has 0 fully saturated rings. The zero-order valence-electron chi connectivity index (χ0n) is 16.3. The van der Waals surface area contributed by atoms with Crippen LogP contribution in [0.2, 0.25) is 0 Å². The molecule has 0 aromatic heterocycles. The maximum absolute atomic E-state index is 14.1. The van der Waals surface area contributed by atoms with Crippen molar-refractivity contribution in [3.8, 4) is 0 Å². The van der Waals surface area contributed by atoms with Crippen LogP contribution in [0.5, 0.6) is 0 Å². The number of rotatable bonds is 10. The van der Waals surface area contributed by atoms with E-state index in [2.05, 4.69) is 5.32 Å². The van der Waals surface area contributed by atoms with Crippen molar-refractivity contribution in [3.05, 3.63) is 65.2 Å². The highest BCUT2D eigenvalue weighted by atomic mass is 32.2. The third-order valence-electron chi connectivity index (χ3n) is 4.26. The number of hydrogen-bond acceptors (Lipinski definition) is 4. The van der Waals surface area contributed by atoms with Gasteiger partial charge in [-0.25, -0.2) is 17.2 Å². The molecule has 1 N–H and O–H groups in total. The van der Waals surface area contributed by atoms with Gasteiger partial charge in [-0.15, -0.1) is 0 Å². The van der Waals surface area contributed by atoms with Crippen LogP contribution in [0.25, 0.3) is 0 Å². The van der Waals surface area contributed by atoms with Crippen LogP contribution in [0.4, 0.5) is 8.78 Å². The van der Waals surface area contributed by atoms with E-state index >= 15 is 0 Å². The Morgan fingerprint density at radius 3 is 2.41 bits per heavy atom. The van der Waals surface area contributed by atoms with E-state index in [1.54, 1.807) is 32.0 Å². The van der Waals surface area contributed by atoms with Crippen LogP contribution in [0.15, 0.2) is 47.4 Å². The molecule has 0 saturated carbocycles. The highest BCUT2D eigenvalue weighted by Crippen LogP contribution is 2.21. The van der Waals surface area contributed by atoms with E-state index in [1.165, 1.54) is 23.9 Å². The quantitative estimate of drug-likeness (QED) is 0.571. The molecule has 9 heteroatoms. The molecule has 2 aromatic carbocycles. The number of benzene rings is 2. The fourth-order valence-electron chi connectivity index (χ4n) is 2.68. The van der Waals surface area contributed by atoms with Gasteiger partial charge in [0.2, 0.25) is 10.0 Å². The van der Waals surface area contributed by atoms with Gasteiger partial charge in [-0.2, -0.15) is 16.1 Å². The average Bonchev–Trinajstić information content (AvgIpc) is 2.69. The molecular formula is C20H24F2N2O3S2. The topological polar surface area (TPSA) is 66.5 Å². The molecular weight excluding hydrogens is 418 g/mol. The van der Waals surface area contributed by atoms with Crippen molar-refractivity contribution in [2.75, 3.05) is 25.4 Å². The highest BCUT2D eigenvalue weighted by molar-refractivity contribution is 7.98. The van der Waals surface area contributed by atoms with Crippen LogP contribution in [0, 0.1) is 11.6 Å². The van der Waals surface area contributed by atoms with Crippen LogP contribution >= 0.6 is 11.8 Å². The van der Waals surface area contributed by atoms with Crippen LogP contribution < -0.4 is 5.32 Å². The summed E-state index contributed by atoms with van der Waals surface area (Å²) in [7, 11) is -4.01. The number of thioether (sulfide) groups is 1. The Morgan fingerprint density at radius 2 is 1.76 bits per heavy atom. The van der Waals surface area contributed by atoms with E-state index in [0.717, 1.165) is 16.4 Å². The van der Waals surface area contributed by atoms with E-state index in [4.69, 9.17) is 0 Å². The minimum atomic E-state index is -4.01. The van der Waals surface area contributed by atoms with Crippen LogP contribution in [0.1, 0.15) is 29.8 Å². The summed E-state index contributed by atoms with van der Waals surface area (Å²) in [4.78, 5) is 11.8. The molecule has 0 atom stereocenters. The summed E-state index contributed by atoms with van der Waals surface area (Å²) in [5.74, 6) is -0.629. The van der Waals surface area contributed by atoms with Gasteiger partial charge < -0.3 is 5.32 Å². The lowest BCUT2D eigenvalue weighted by atomic mass is 10.2. The smallest absolute Gasteiger partial charge is 0.251 e. The SMILES string of the molecule is CCN(CC)S(=O)(=O)c1cc(C(=O)NCCSCc2ccccc2F)ccc1F. The molecule has 2 rings (SSSR count). The van der Waals surface area contributed by atoms with E-state index < -0.39 is 26.6 Å². The first-order valence-electron chi connectivity index (χ1n) is 9.20. The van der Waals surface area contributed by atoms with E-state index in [9.17, 15) is 22.0 Å². The van der Waals surface area contributed by atoms with Gasteiger partial charge in [-0.3, -0.25) is 4.79 Å². The number of carbonyl (C=O) groups is 1. The van der Waals surface area contributed by atoms with Gasteiger partial charge in [0.1, 0.15) is 16.5 Å². The molecule has 0 radical (unpaired) electrons. The Morgan fingerprint density at radius 1 is 1.07 bits per heavy atom. The molecule has 0 spiro atoms. The minimum Gasteiger partial charge on any atom is -0.351 e. The number of amides is 1. The lowest BCUT2D eigenvalue weighted by Gasteiger charge is -2.19. The lowest BCUT2D eigenvalue weighted by molar-refractivity contribution is 0.0956. The Labute approximate surface area is 174 Å². The third kappa shape index (κ3) is 6.01. The Hall–Kier alpha value is -1.97. The van der Waals surface area contributed by atoms with Crippen LogP contribution in [0.3, 0.4) is 0 Å². The second-order valence-electron chi connectivity index (χ2n) is 6.13. The highest BCUT2D eigenvalue weighted by Gasteiger charge is 2.26. The van der Waals surface area contributed by atoms with Crippen molar-refractivity contribution < 1.29 is 22.0 Å². The minimum absolute atomic E-state index is 0.0660. The molecule has 0 aliphatic heterocycles. The standard InChI is InChI=1S/C20H24F2N2O3S2/c1-3-24(4-2)29(26,27)19-13-15(9-10-18(19)22)20(25)23-11-12-28-14-16-7-5-6-8-17(16)21/h5-10,13H,3-4,11-12,14H2,1-2H3,(H,23,25). The van der Waals surface area contributed by atoms with Crippen molar-refractivity contribution in [1.29, 1.82) is 0 Å². The summed E-state index contributed by atoms with van der Waals surface area (Å²) in [6, 6.07) is 9.79. The molecule has 0 saturated heterocycles. The summed E-state index contributed by atoms with van der Waals surface area (Å²) in [5.41, 5.74) is 0.657. The normalized spacial score (nSPS) is 11.6. The summed E-state index contributed by atoms with van der Waals surface area (Å²) in [6.45, 7) is 4.04. The first kappa shape index (κ1) is 23.3. The predicted octanol–water partition coefficient (Wildman–Crippen LogP) is 3.66. The number of sulfonamides is 1. The van der Waals surface area contributed by atoms with Crippen molar-refractivity contribution in [3.63, 3.8) is 0 Å². The molecule has 5 nitrogen and oxygen atoms in total. The molecule has 1 amide bonds. The Kier molecular flexibility index (Phi) is 8.60. The molecule has 2 aromatic rings. The zero-order valence-corrected chi connectivity index (χ0v) is 18.0. The van der Waals surface area contributed by atoms with Crippen LogP contribution in [-0.4, -0.2) is 44.0 Å². The number of halogens is 2. The molecule has 0 heterocycles. The molecule has 29 heavy (non-hydrogen) atoms. The monoisotopic (exact) mass is 442 g/mol. The van der Waals surface area contributed by atoms with Crippen molar-refractivity contribution >= 4 is 27.7 Å². The Balaban J connectivity index is 1.97. The fraction of sp³-hybridized carbons (Fsp3) is 0.350. The summed E-state index contributed by atoms with van der Waals surface area (Å²) in [6.07, 6.45) is 0. The largest absolute Gasteiger partial charge is 0.351 e. The number of hydrogen-bond donors (Lipinski definition) is 1. The van der Waals surface area contributed by atoms with E-state index in [-0.39, 0.29) is 24.5 Å². The predicted molar refractivity (Wildman–Crippen MR) is 111 cm³/mol. The number of nitrogens with one attached hydrogen (secondary N) is 1. The zero-order chi connectivity index (χ0) is 21.4. The van der Waals surface area contributed by atoms with E-state index in [0.29, 0.717) is 23.6 Å². The fourth-order valence-corrected chi connectivity index (χ4v) is 5.07. The third-order valence-corrected chi connectivity index (χ3v) is 7.34. The van der Waals surface area contributed by atoms with E-state index in [1.807, 2.05) is 0 Å². The van der Waals surface area contributed by atoms with Gasteiger partial charge in [0.15, 0.2) is 0 Å². The molecule has 0 aliphatic carbocycles. The molecule has 0 bridgehead atoms. The van der Waals surface area contributed by atoms with Crippen molar-refractivity contribution in [2.24, 2.45) is 0 Å². The second kappa shape index (κ2) is 10.7. The first-order valence-corrected chi connectivity index (χ1v) is 11.8.